The van der Waals surface area contributed by atoms with Crippen LogP contribution in [0, 0.1) is 6.92 Å². The first kappa shape index (κ1) is 17.1. The van der Waals surface area contributed by atoms with E-state index >= 15 is 0 Å². The first-order valence-electron chi connectivity index (χ1n) is 8.20. The number of aromatic nitrogens is 1. The summed E-state index contributed by atoms with van der Waals surface area (Å²) in [7, 11) is 0. The number of anilines is 1. The molecule has 1 aliphatic rings. The number of aryl methyl sites for hydroxylation is 1. The van der Waals surface area contributed by atoms with Crippen LogP contribution in [0.4, 0.5) is 5.13 Å². The first-order chi connectivity index (χ1) is 11.5. The third-order valence-corrected chi connectivity index (χ3v) is 4.74. The molecule has 0 saturated carbocycles. The van der Waals surface area contributed by atoms with Crippen LogP contribution in [0.3, 0.4) is 0 Å². The molecular formula is C18H23N3O2S. The van der Waals surface area contributed by atoms with Crippen molar-refractivity contribution in [1.29, 1.82) is 0 Å². The fourth-order valence-electron chi connectivity index (χ4n) is 3.04. The van der Waals surface area contributed by atoms with Gasteiger partial charge in [0.1, 0.15) is 0 Å². The normalized spacial score (nSPS) is 21.6. The lowest BCUT2D eigenvalue weighted by Crippen LogP contribution is -2.44. The van der Waals surface area contributed by atoms with Gasteiger partial charge in [0.15, 0.2) is 5.13 Å². The van der Waals surface area contributed by atoms with Crippen LogP contribution in [0.2, 0.25) is 0 Å². The van der Waals surface area contributed by atoms with E-state index in [0.29, 0.717) is 10.7 Å². The van der Waals surface area contributed by atoms with Gasteiger partial charge in [0.05, 0.1) is 17.9 Å². The monoisotopic (exact) mass is 345 g/mol. The third kappa shape index (κ3) is 4.41. The van der Waals surface area contributed by atoms with E-state index in [1.54, 1.807) is 0 Å². The van der Waals surface area contributed by atoms with Crippen LogP contribution in [0.15, 0.2) is 29.6 Å². The van der Waals surface area contributed by atoms with Gasteiger partial charge in [-0.2, -0.15) is 0 Å². The topological polar surface area (TPSA) is 54.5 Å². The molecule has 1 amide bonds. The predicted octanol–water partition coefficient (Wildman–Crippen LogP) is 3.31. The standard InChI is InChI=1S/C18H23N3O2S/c1-12-5-4-6-15(7-12)17(22)20-18-19-16(11-24-18)10-21-8-13(2)23-14(3)9-21/h4-7,11,13-14H,8-10H2,1-3H3,(H,19,20,22)/t13-,14+. The molecule has 128 valence electrons. The fourth-order valence-corrected chi connectivity index (χ4v) is 3.73. The minimum absolute atomic E-state index is 0.117. The Hall–Kier alpha value is -1.76. The summed E-state index contributed by atoms with van der Waals surface area (Å²) in [4.78, 5) is 19.2. The SMILES string of the molecule is Cc1cccc(C(=O)Nc2nc(CN3C[C@@H](C)O[C@@H](C)C3)cs2)c1. The van der Waals surface area contributed by atoms with Gasteiger partial charge in [-0.15, -0.1) is 11.3 Å². The Balaban J connectivity index is 1.60. The van der Waals surface area contributed by atoms with Gasteiger partial charge < -0.3 is 4.74 Å². The molecule has 1 fully saturated rings. The molecule has 3 rings (SSSR count). The molecule has 0 unspecified atom stereocenters. The van der Waals surface area contributed by atoms with Crippen molar-refractivity contribution in [3.63, 3.8) is 0 Å². The number of thiazole rings is 1. The second-order valence-corrected chi connectivity index (χ2v) is 7.28. The number of hydrogen-bond acceptors (Lipinski definition) is 5. The summed E-state index contributed by atoms with van der Waals surface area (Å²) >= 11 is 1.47. The molecule has 2 heterocycles. The summed E-state index contributed by atoms with van der Waals surface area (Å²) in [5.74, 6) is -0.117. The number of hydrogen-bond donors (Lipinski definition) is 1. The van der Waals surface area contributed by atoms with Crippen molar-refractivity contribution >= 4 is 22.4 Å². The van der Waals surface area contributed by atoms with E-state index in [9.17, 15) is 4.79 Å². The van der Waals surface area contributed by atoms with Gasteiger partial charge in [-0.1, -0.05) is 17.7 Å². The lowest BCUT2D eigenvalue weighted by atomic mass is 10.1. The fraction of sp³-hybridized carbons (Fsp3) is 0.444. The molecule has 0 bridgehead atoms. The maximum Gasteiger partial charge on any atom is 0.257 e. The molecule has 2 aromatic rings. The highest BCUT2D eigenvalue weighted by Gasteiger charge is 2.22. The van der Waals surface area contributed by atoms with Gasteiger partial charge in [0.2, 0.25) is 0 Å². The zero-order chi connectivity index (χ0) is 17.1. The Labute approximate surface area is 146 Å². The van der Waals surface area contributed by atoms with Crippen molar-refractivity contribution in [1.82, 2.24) is 9.88 Å². The summed E-state index contributed by atoms with van der Waals surface area (Å²) in [6.07, 6.45) is 0.487. The van der Waals surface area contributed by atoms with E-state index in [0.717, 1.165) is 30.9 Å². The lowest BCUT2D eigenvalue weighted by Gasteiger charge is -2.34. The van der Waals surface area contributed by atoms with Crippen LogP contribution >= 0.6 is 11.3 Å². The molecule has 6 heteroatoms. The molecule has 1 saturated heterocycles. The van der Waals surface area contributed by atoms with Crippen LogP contribution < -0.4 is 5.32 Å². The average Bonchev–Trinajstić information content (AvgIpc) is 2.93. The zero-order valence-corrected chi connectivity index (χ0v) is 15.1. The van der Waals surface area contributed by atoms with Crippen LogP contribution in [0.25, 0.3) is 0 Å². The van der Waals surface area contributed by atoms with Crippen molar-refractivity contribution < 1.29 is 9.53 Å². The summed E-state index contributed by atoms with van der Waals surface area (Å²) in [5.41, 5.74) is 2.71. The Morgan fingerprint density at radius 3 is 2.83 bits per heavy atom. The highest BCUT2D eigenvalue weighted by atomic mass is 32.1. The maximum atomic E-state index is 12.3. The number of nitrogens with one attached hydrogen (secondary N) is 1. The van der Waals surface area contributed by atoms with Crippen LogP contribution in [0.5, 0.6) is 0 Å². The Morgan fingerprint density at radius 2 is 2.12 bits per heavy atom. The number of carbonyl (C=O) groups is 1. The number of ether oxygens (including phenoxy) is 1. The largest absolute Gasteiger partial charge is 0.373 e. The molecule has 24 heavy (non-hydrogen) atoms. The van der Waals surface area contributed by atoms with Crippen molar-refractivity contribution in [3.8, 4) is 0 Å². The molecule has 1 aromatic carbocycles. The lowest BCUT2D eigenvalue weighted by molar-refractivity contribution is -0.0707. The first-order valence-corrected chi connectivity index (χ1v) is 9.08. The van der Waals surface area contributed by atoms with Crippen LogP contribution in [-0.4, -0.2) is 41.1 Å². The van der Waals surface area contributed by atoms with E-state index in [1.165, 1.54) is 11.3 Å². The highest BCUT2D eigenvalue weighted by molar-refractivity contribution is 7.13. The Kier molecular flexibility index (Phi) is 5.28. The van der Waals surface area contributed by atoms with E-state index in [1.807, 2.05) is 36.6 Å². The van der Waals surface area contributed by atoms with E-state index < -0.39 is 0 Å². The number of rotatable bonds is 4. The van der Waals surface area contributed by atoms with Crippen molar-refractivity contribution in [2.75, 3.05) is 18.4 Å². The molecule has 0 radical (unpaired) electrons. The maximum absolute atomic E-state index is 12.3. The summed E-state index contributed by atoms with van der Waals surface area (Å²) in [6, 6.07) is 7.55. The van der Waals surface area contributed by atoms with Gasteiger partial charge in [0.25, 0.3) is 5.91 Å². The molecule has 0 spiro atoms. The minimum Gasteiger partial charge on any atom is -0.373 e. The van der Waals surface area contributed by atoms with Crippen LogP contribution in [-0.2, 0) is 11.3 Å². The van der Waals surface area contributed by atoms with Gasteiger partial charge >= 0.3 is 0 Å². The van der Waals surface area contributed by atoms with E-state index in [-0.39, 0.29) is 18.1 Å². The summed E-state index contributed by atoms with van der Waals surface area (Å²) < 4.78 is 5.75. The number of morpholine rings is 1. The van der Waals surface area contributed by atoms with Crippen LogP contribution in [0.1, 0.15) is 35.5 Å². The number of amides is 1. The van der Waals surface area contributed by atoms with Crippen molar-refractivity contribution in [2.24, 2.45) is 0 Å². The Bertz CT molecular complexity index is 706. The van der Waals surface area contributed by atoms with Gasteiger partial charge in [-0.3, -0.25) is 15.0 Å². The quantitative estimate of drug-likeness (QED) is 0.924. The highest BCUT2D eigenvalue weighted by Crippen LogP contribution is 2.20. The molecule has 0 aliphatic carbocycles. The van der Waals surface area contributed by atoms with Gasteiger partial charge in [-0.25, -0.2) is 4.98 Å². The summed E-state index contributed by atoms with van der Waals surface area (Å²) in [5, 5.41) is 5.54. The molecule has 5 nitrogen and oxygen atoms in total. The second kappa shape index (κ2) is 7.42. The molecule has 1 aliphatic heterocycles. The average molecular weight is 345 g/mol. The van der Waals surface area contributed by atoms with Crippen molar-refractivity contribution in [3.05, 3.63) is 46.5 Å². The molecule has 1 N–H and O–H groups in total. The second-order valence-electron chi connectivity index (χ2n) is 6.42. The van der Waals surface area contributed by atoms with Gasteiger partial charge in [0, 0.05) is 30.6 Å². The number of nitrogens with zero attached hydrogens (tertiary/aromatic N) is 2. The number of benzene rings is 1. The molecule has 1 aromatic heterocycles. The summed E-state index contributed by atoms with van der Waals surface area (Å²) in [6.45, 7) is 8.77. The minimum atomic E-state index is -0.117. The van der Waals surface area contributed by atoms with E-state index in [2.05, 4.69) is 29.0 Å². The third-order valence-electron chi connectivity index (χ3n) is 3.93. The van der Waals surface area contributed by atoms with Crippen molar-refractivity contribution in [2.45, 2.75) is 39.5 Å². The Morgan fingerprint density at radius 1 is 1.38 bits per heavy atom. The smallest absolute Gasteiger partial charge is 0.257 e. The van der Waals surface area contributed by atoms with Gasteiger partial charge in [-0.05, 0) is 32.9 Å². The van der Waals surface area contributed by atoms with E-state index in [4.69, 9.17) is 4.74 Å². The molecule has 2 atom stereocenters. The molecular weight excluding hydrogens is 322 g/mol. The zero-order valence-electron chi connectivity index (χ0n) is 14.3. The number of carbonyl (C=O) groups excluding carboxylic acids is 1. The predicted molar refractivity (Wildman–Crippen MR) is 96.5 cm³/mol.